The van der Waals surface area contributed by atoms with Crippen LogP contribution in [0.25, 0.3) is 0 Å². The molecule has 1 saturated heterocycles. The highest BCUT2D eigenvalue weighted by Crippen LogP contribution is 2.31. The van der Waals surface area contributed by atoms with E-state index in [-0.39, 0.29) is 5.69 Å². The first kappa shape index (κ1) is 14.9. The van der Waals surface area contributed by atoms with E-state index in [1.165, 1.54) is 14.0 Å². The number of nitrogens with zero attached hydrogens (tertiary/aromatic N) is 2. The Bertz CT molecular complexity index is 564. The zero-order valence-electron chi connectivity index (χ0n) is 11.0. The Morgan fingerprint density at radius 1 is 1.60 bits per heavy atom. The lowest BCUT2D eigenvalue weighted by atomic mass is 10.1. The number of aliphatic hydroxyl groups excluding tert-OH is 2. The summed E-state index contributed by atoms with van der Waals surface area (Å²) in [6, 6.07) is 0. The second-order valence-corrected chi connectivity index (χ2v) is 4.49. The van der Waals surface area contributed by atoms with Gasteiger partial charge in [-0.05, 0) is 6.92 Å². The first-order valence-corrected chi connectivity index (χ1v) is 5.93. The van der Waals surface area contributed by atoms with E-state index in [0.29, 0.717) is 0 Å². The highest BCUT2D eigenvalue weighted by molar-refractivity contribution is 5.31. The van der Waals surface area contributed by atoms with Crippen molar-refractivity contribution < 1.29 is 24.1 Å². The van der Waals surface area contributed by atoms with Gasteiger partial charge in [0.15, 0.2) is 17.9 Å². The van der Waals surface area contributed by atoms with Crippen molar-refractivity contribution >= 4 is 5.82 Å². The Kier molecular flexibility index (Phi) is 4.04. The van der Waals surface area contributed by atoms with Crippen LogP contribution in [0.4, 0.5) is 10.2 Å². The highest BCUT2D eigenvalue weighted by atomic mass is 19.1. The molecule has 1 aromatic heterocycles. The van der Waals surface area contributed by atoms with E-state index in [9.17, 15) is 14.3 Å². The van der Waals surface area contributed by atoms with Crippen LogP contribution in [0.1, 0.15) is 11.9 Å². The summed E-state index contributed by atoms with van der Waals surface area (Å²) in [6.07, 6.45) is -4.12. The Hall–Kier alpha value is -1.55. The van der Waals surface area contributed by atoms with Crippen LogP contribution in [0.3, 0.4) is 0 Å². The van der Waals surface area contributed by atoms with Crippen molar-refractivity contribution in [2.24, 2.45) is 0 Å². The van der Waals surface area contributed by atoms with Crippen LogP contribution in [0.5, 0.6) is 0 Å². The molecule has 1 fully saturated rings. The molecule has 20 heavy (non-hydrogen) atoms. The van der Waals surface area contributed by atoms with Gasteiger partial charge in [0.1, 0.15) is 18.3 Å². The molecule has 8 nitrogen and oxygen atoms in total. The third-order valence-corrected chi connectivity index (χ3v) is 3.35. The van der Waals surface area contributed by atoms with E-state index in [1.54, 1.807) is 0 Å². The largest absolute Gasteiger partial charge is 0.394 e. The number of anilines is 1. The quantitative estimate of drug-likeness (QED) is 0.622. The second kappa shape index (κ2) is 5.44. The Balaban J connectivity index is 2.51. The highest BCUT2D eigenvalue weighted by Gasteiger charge is 2.45. The van der Waals surface area contributed by atoms with Gasteiger partial charge in [0.25, 0.3) is 0 Å². The lowest BCUT2D eigenvalue weighted by molar-refractivity contribution is -0.0638. The van der Waals surface area contributed by atoms with Crippen molar-refractivity contribution in [3.63, 3.8) is 0 Å². The molecule has 0 aromatic carbocycles. The molecular weight excluding hydrogens is 273 g/mol. The molecule has 2 unspecified atom stereocenters. The summed E-state index contributed by atoms with van der Waals surface area (Å²) in [5.41, 5.74) is 4.37. The van der Waals surface area contributed by atoms with Gasteiger partial charge in [-0.15, -0.1) is 0 Å². The molecule has 0 bridgehead atoms. The number of nitrogens with two attached hydrogens (primary N) is 1. The zero-order valence-corrected chi connectivity index (χ0v) is 11.0. The molecule has 0 amide bonds. The molecule has 0 spiro atoms. The van der Waals surface area contributed by atoms with Crippen LogP contribution in [0, 0.1) is 12.7 Å². The minimum absolute atomic E-state index is 0.0830. The van der Waals surface area contributed by atoms with Gasteiger partial charge < -0.3 is 25.4 Å². The average Bonchev–Trinajstić information content (AvgIpc) is 2.72. The molecule has 2 rings (SSSR count). The van der Waals surface area contributed by atoms with E-state index in [0.717, 1.165) is 4.57 Å². The molecule has 0 radical (unpaired) electrons. The van der Waals surface area contributed by atoms with Gasteiger partial charge in [0.05, 0.1) is 12.3 Å². The first-order valence-electron chi connectivity index (χ1n) is 5.93. The van der Waals surface area contributed by atoms with Crippen LogP contribution in [-0.2, 0) is 9.47 Å². The van der Waals surface area contributed by atoms with Gasteiger partial charge in [-0.3, -0.25) is 4.57 Å². The SMILES string of the molecule is COC1C(O)[C@H](CO)O[C@@H]1n1c(C)c(F)c(N)nc1=O. The van der Waals surface area contributed by atoms with Crippen molar-refractivity contribution in [3.05, 3.63) is 22.0 Å². The molecule has 1 aliphatic rings. The second-order valence-electron chi connectivity index (χ2n) is 4.49. The van der Waals surface area contributed by atoms with Crippen LogP contribution in [-0.4, -0.2) is 51.8 Å². The molecule has 112 valence electrons. The monoisotopic (exact) mass is 289 g/mol. The van der Waals surface area contributed by atoms with Gasteiger partial charge in [-0.1, -0.05) is 0 Å². The van der Waals surface area contributed by atoms with Crippen LogP contribution in [0.2, 0.25) is 0 Å². The van der Waals surface area contributed by atoms with Gasteiger partial charge in [-0.2, -0.15) is 4.98 Å². The fraction of sp³-hybridized carbons (Fsp3) is 0.636. The van der Waals surface area contributed by atoms with Gasteiger partial charge >= 0.3 is 5.69 Å². The molecule has 2 heterocycles. The molecule has 4 N–H and O–H groups in total. The summed E-state index contributed by atoms with van der Waals surface area (Å²) in [5, 5.41) is 19.0. The summed E-state index contributed by atoms with van der Waals surface area (Å²) < 4.78 is 25.1. The molecule has 1 aliphatic heterocycles. The van der Waals surface area contributed by atoms with E-state index in [1.807, 2.05) is 0 Å². The fourth-order valence-corrected chi connectivity index (χ4v) is 2.27. The van der Waals surface area contributed by atoms with Crippen molar-refractivity contribution in [2.75, 3.05) is 19.5 Å². The lowest BCUT2D eigenvalue weighted by Crippen LogP contribution is -2.39. The fourth-order valence-electron chi connectivity index (χ4n) is 2.27. The number of nitrogen functional groups attached to an aromatic ring is 1. The molecule has 1 aromatic rings. The average molecular weight is 289 g/mol. The normalized spacial score (nSPS) is 29.9. The first-order chi connectivity index (χ1) is 9.42. The number of hydrogen-bond acceptors (Lipinski definition) is 7. The summed E-state index contributed by atoms with van der Waals surface area (Å²) in [6.45, 7) is 0.875. The number of ether oxygens (including phenoxy) is 2. The topological polar surface area (TPSA) is 120 Å². The van der Waals surface area contributed by atoms with E-state index >= 15 is 0 Å². The predicted molar refractivity (Wildman–Crippen MR) is 65.4 cm³/mol. The number of aromatic nitrogens is 2. The molecular formula is C11H16FN3O5. The minimum atomic E-state index is -1.15. The maximum atomic E-state index is 13.8. The van der Waals surface area contributed by atoms with Gasteiger partial charge in [0, 0.05) is 7.11 Å². The summed E-state index contributed by atoms with van der Waals surface area (Å²) in [4.78, 5) is 15.2. The standard InChI is InChI=1S/C11H16FN3O5/c1-4-6(12)9(13)14-11(18)15(4)10-8(19-2)7(17)5(3-16)20-10/h5,7-8,10,16-17H,3H2,1-2H3,(H2,13,14,18)/t5-,7?,8?,10-/m0/s1. The van der Waals surface area contributed by atoms with Gasteiger partial charge in [0.2, 0.25) is 0 Å². The molecule has 0 aliphatic carbocycles. The van der Waals surface area contributed by atoms with Crippen LogP contribution in [0.15, 0.2) is 4.79 Å². The van der Waals surface area contributed by atoms with Crippen molar-refractivity contribution in [2.45, 2.75) is 31.5 Å². The Morgan fingerprint density at radius 3 is 2.80 bits per heavy atom. The molecule has 0 saturated carbocycles. The minimum Gasteiger partial charge on any atom is -0.394 e. The van der Waals surface area contributed by atoms with Crippen molar-refractivity contribution in [3.8, 4) is 0 Å². The Labute approximate surface area is 113 Å². The molecule has 9 heteroatoms. The Morgan fingerprint density at radius 2 is 2.25 bits per heavy atom. The van der Waals surface area contributed by atoms with Crippen LogP contribution < -0.4 is 11.4 Å². The number of halogens is 1. The number of rotatable bonds is 3. The maximum Gasteiger partial charge on any atom is 0.352 e. The van der Waals surface area contributed by atoms with Crippen LogP contribution >= 0.6 is 0 Å². The zero-order chi connectivity index (χ0) is 15.0. The summed E-state index contributed by atoms with van der Waals surface area (Å²) in [5.74, 6) is -1.35. The van der Waals surface area contributed by atoms with Crippen molar-refractivity contribution in [1.29, 1.82) is 0 Å². The number of aliphatic hydroxyl groups is 2. The number of hydrogen-bond donors (Lipinski definition) is 3. The van der Waals surface area contributed by atoms with Gasteiger partial charge in [-0.25, -0.2) is 9.18 Å². The third kappa shape index (κ3) is 2.18. The van der Waals surface area contributed by atoms with E-state index < -0.39 is 48.5 Å². The van der Waals surface area contributed by atoms with E-state index in [2.05, 4.69) is 4.98 Å². The number of methoxy groups -OCH3 is 1. The third-order valence-electron chi connectivity index (χ3n) is 3.35. The maximum absolute atomic E-state index is 13.8. The van der Waals surface area contributed by atoms with E-state index in [4.69, 9.17) is 20.3 Å². The lowest BCUT2D eigenvalue weighted by Gasteiger charge is -2.22. The molecule has 4 atom stereocenters. The van der Waals surface area contributed by atoms with Crippen molar-refractivity contribution in [1.82, 2.24) is 9.55 Å². The summed E-state index contributed by atoms with van der Waals surface area (Å²) >= 11 is 0. The smallest absolute Gasteiger partial charge is 0.352 e. The summed E-state index contributed by atoms with van der Waals surface area (Å²) in [7, 11) is 1.31. The predicted octanol–water partition coefficient (Wildman–Crippen LogP) is -1.46.